The number of carbonyl (C=O) groups excluding carboxylic acids is 2. The zero-order valence-corrected chi connectivity index (χ0v) is 25.6. The molecular formula is C30H35Cl2N3O4S. The van der Waals surface area contributed by atoms with Gasteiger partial charge in [-0.05, 0) is 87.7 Å². The van der Waals surface area contributed by atoms with Gasteiger partial charge in [-0.3, -0.25) is 13.9 Å². The molecule has 0 aromatic heterocycles. The Hall–Kier alpha value is -3.07. The van der Waals surface area contributed by atoms with E-state index in [1.54, 1.807) is 67.6 Å². The van der Waals surface area contributed by atoms with Crippen LogP contribution in [0.25, 0.3) is 0 Å². The highest BCUT2D eigenvalue weighted by Gasteiger charge is 2.35. The maximum Gasteiger partial charge on any atom is 0.264 e. The molecule has 214 valence electrons. The third-order valence-electron chi connectivity index (χ3n) is 6.19. The number of aryl methyl sites for hydroxylation is 1. The molecule has 0 unspecified atom stereocenters. The van der Waals surface area contributed by atoms with Gasteiger partial charge in [-0.2, -0.15) is 0 Å². The minimum Gasteiger partial charge on any atom is -0.350 e. The van der Waals surface area contributed by atoms with E-state index in [1.165, 1.54) is 17.0 Å². The third-order valence-corrected chi connectivity index (χ3v) is 8.45. The van der Waals surface area contributed by atoms with Crippen molar-refractivity contribution in [1.82, 2.24) is 10.2 Å². The van der Waals surface area contributed by atoms with E-state index in [4.69, 9.17) is 23.2 Å². The number of nitrogens with zero attached hydrogens (tertiary/aromatic N) is 2. The van der Waals surface area contributed by atoms with Crippen LogP contribution in [-0.2, 0) is 26.2 Å². The predicted molar refractivity (Wildman–Crippen MR) is 161 cm³/mol. The van der Waals surface area contributed by atoms with Gasteiger partial charge in [-0.1, -0.05) is 60.5 Å². The van der Waals surface area contributed by atoms with E-state index in [2.05, 4.69) is 5.32 Å². The lowest BCUT2D eigenvalue weighted by Gasteiger charge is -2.35. The summed E-state index contributed by atoms with van der Waals surface area (Å²) in [6, 6.07) is 18.9. The number of halogens is 2. The lowest BCUT2D eigenvalue weighted by Crippen LogP contribution is -2.55. The first-order chi connectivity index (χ1) is 18.7. The van der Waals surface area contributed by atoms with Crippen LogP contribution in [0.15, 0.2) is 77.7 Å². The Morgan fingerprint density at radius 2 is 1.52 bits per heavy atom. The van der Waals surface area contributed by atoms with Crippen molar-refractivity contribution in [3.8, 4) is 0 Å². The van der Waals surface area contributed by atoms with E-state index in [0.717, 1.165) is 9.87 Å². The monoisotopic (exact) mass is 603 g/mol. The summed E-state index contributed by atoms with van der Waals surface area (Å²) in [4.78, 5) is 29.0. The van der Waals surface area contributed by atoms with Crippen LogP contribution in [0.4, 0.5) is 5.69 Å². The number of hydrogen-bond donors (Lipinski definition) is 1. The second-order valence-corrected chi connectivity index (χ2v) is 13.3. The van der Waals surface area contributed by atoms with E-state index < -0.39 is 34.1 Å². The molecule has 3 rings (SSSR count). The summed E-state index contributed by atoms with van der Waals surface area (Å²) in [5.41, 5.74) is 1.13. The highest BCUT2D eigenvalue weighted by Crippen LogP contribution is 2.29. The molecule has 0 aliphatic heterocycles. The quantitative estimate of drug-likeness (QED) is 0.298. The number of carbonyl (C=O) groups is 2. The molecule has 3 aromatic rings. The molecule has 1 N–H and O–H groups in total. The van der Waals surface area contributed by atoms with Gasteiger partial charge < -0.3 is 10.2 Å². The van der Waals surface area contributed by atoms with Crippen molar-refractivity contribution in [2.24, 2.45) is 0 Å². The van der Waals surface area contributed by atoms with Crippen LogP contribution in [0, 0.1) is 6.92 Å². The average molecular weight is 605 g/mol. The van der Waals surface area contributed by atoms with Gasteiger partial charge in [0.25, 0.3) is 10.0 Å². The Morgan fingerprint density at radius 3 is 2.08 bits per heavy atom. The first kappa shape index (κ1) is 31.5. The summed E-state index contributed by atoms with van der Waals surface area (Å²) in [6.07, 6.45) is 0.326. The van der Waals surface area contributed by atoms with Crippen molar-refractivity contribution < 1.29 is 18.0 Å². The summed E-state index contributed by atoms with van der Waals surface area (Å²) >= 11 is 12.2. The van der Waals surface area contributed by atoms with Crippen molar-refractivity contribution in [3.05, 3.63) is 94.0 Å². The summed E-state index contributed by atoms with van der Waals surface area (Å²) < 4.78 is 28.9. The normalized spacial score (nSPS) is 12.5. The highest BCUT2D eigenvalue weighted by molar-refractivity contribution is 7.92. The zero-order valence-electron chi connectivity index (χ0n) is 23.3. The average Bonchev–Trinajstić information content (AvgIpc) is 2.88. The molecule has 0 spiro atoms. The van der Waals surface area contributed by atoms with Gasteiger partial charge in [0.15, 0.2) is 0 Å². The molecule has 0 aliphatic rings. The molecule has 0 saturated carbocycles. The van der Waals surface area contributed by atoms with Crippen LogP contribution in [-0.4, -0.2) is 43.3 Å². The Labute approximate surface area is 247 Å². The van der Waals surface area contributed by atoms with E-state index in [9.17, 15) is 18.0 Å². The van der Waals surface area contributed by atoms with Gasteiger partial charge in [0.05, 0.1) is 10.6 Å². The summed E-state index contributed by atoms with van der Waals surface area (Å²) in [7, 11) is -4.15. The molecule has 7 nitrogen and oxygen atoms in total. The molecule has 1 atom stereocenters. The number of rotatable bonds is 10. The van der Waals surface area contributed by atoms with Crippen molar-refractivity contribution in [3.63, 3.8) is 0 Å². The molecule has 0 saturated heterocycles. The summed E-state index contributed by atoms with van der Waals surface area (Å²) in [5.74, 6) is -0.850. The first-order valence-electron chi connectivity index (χ1n) is 12.9. The number of sulfonamides is 1. The van der Waals surface area contributed by atoms with Crippen LogP contribution < -0.4 is 9.62 Å². The Bertz CT molecular complexity index is 1440. The number of nitrogens with one attached hydrogen (secondary N) is 1. The third kappa shape index (κ3) is 7.99. The van der Waals surface area contributed by atoms with Gasteiger partial charge in [0.2, 0.25) is 11.8 Å². The number of benzene rings is 3. The van der Waals surface area contributed by atoms with Gasteiger partial charge in [0, 0.05) is 22.1 Å². The number of amides is 2. The Balaban J connectivity index is 2.09. The Kier molecular flexibility index (Phi) is 10.3. The van der Waals surface area contributed by atoms with Crippen LogP contribution in [0.2, 0.25) is 10.0 Å². The molecule has 0 fully saturated rings. The fourth-order valence-corrected chi connectivity index (χ4v) is 6.14. The standard InChI is InChI=1S/C30H35Cl2N3O4S/c1-6-26(29(37)33-30(3,4)5)34(19-22-12-14-23(31)15-13-22)28(36)20-35(27-17-16-24(32)18-21(27)2)40(38,39)25-10-8-7-9-11-25/h7-18,26H,6,19-20H2,1-5H3,(H,33,37)/t26-/m1/s1. The number of hydrogen-bond acceptors (Lipinski definition) is 4. The largest absolute Gasteiger partial charge is 0.350 e. The maximum absolute atomic E-state index is 14.1. The molecule has 0 heterocycles. The van der Waals surface area contributed by atoms with Crippen molar-refractivity contribution in [2.45, 2.75) is 64.1 Å². The predicted octanol–water partition coefficient (Wildman–Crippen LogP) is 6.22. The van der Waals surface area contributed by atoms with Crippen LogP contribution in [0.1, 0.15) is 45.2 Å². The van der Waals surface area contributed by atoms with Gasteiger partial charge in [-0.25, -0.2) is 8.42 Å². The van der Waals surface area contributed by atoms with Crippen molar-refractivity contribution in [2.75, 3.05) is 10.8 Å². The van der Waals surface area contributed by atoms with Crippen LogP contribution in [0.3, 0.4) is 0 Å². The molecule has 0 radical (unpaired) electrons. The van der Waals surface area contributed by atoms with E-state index in [1.807, 2.05) is 27.7 Å². The molecule has 0 bridgehead atoms. The van der Waals surface area contributed by atoms with Gasteiger partial charge in [0.1, 0.15) is 12.6 Å². The Morgan fingerprint density at radius 1 is 0.925 bits per heavy atom. The SMILES string of the molecule is CC[C@H](C(=O)NC(C)(C)C)N(Cc1ccc(Cl)cc1)C(=O)CN(c1ccc(Cl)cc1C)S(=O)(=O)c1ccccc1. The molecule has 0 aliphatic carbocycles. The topological polar surface area (TPSA) is 86.8 Å². The fourth-order valence-electron chi connectivity index (χ4n) is 4.29. The van der Waals surface area contributed by atoms with E-state index >= 15 is 0 Å². The van der Waals surface area contributed by atoms with Crippen molar-refractivity contribution >= 4 is 50.7 Å². The maximum atomic E-state index is 14.1. The van der Waals surface area contributed by atoms with Crippen LogP contribution >= 0.6 is 23.2 Å². The summed E-state index contributed by atoms with van der Waals surface area (Å²) in [5, 5.41) is 3.94. The molecule has 10 heteroatoms. The molecule has 3 aromatic carbocycles. The summed E-state index contributed by atoms with van der Waals surface area (Å²) in [6.45, 7) is 8.70. The van der Waals surface area contributed by atoms with E-state index in [-0.39, 0.29) is 17.3 Å². The van der Waals surface area contributed by atoms with Crippen molar-refractivity contribution in [1.29, 1.82) is 0 Å². The van der Waals surface area contributed by atoms with E-state index in [0.29, 0.717) is 27.7 Å². The minimum absolute atomic E-state index is 0.0407. The fraction of sp³-hybridized carbons (Fsp3) is 0.333. The van der Waals surface area contributed by atoms with Gasteiger partial charge >= 0.3 is 0 Å². The second kappa shape index (κ2) is 13.1. The zero-order chi connectivity index (χ0) is 29.7. The smallest absolute Gasteiger partial charge is 0.264 e. The van der Waals surface area contributed by atoms with Gasteiger partial charge in [-0.15, -0.1) is 0 Å². The number of anilines is 1. The second-order valence-electron chi connectivity index (χ2n) is 10.6. The first-order valence-corrected chi connectivity index (χ1v) is 15.1. The lowest BCUT2D eigenvalue weighted by atomic mass is 10.1. The molecular weight excluding hydrogens is 569 g/mol. The molecule has 2 amide bonds. The minimum atomic E-state index is -4.15. The van der Waals surface area contributed by atoms with Crippen LogP contribution in [0.5, 0.6) is 0 Å². The molecule has 40 heavy (non-hydrogen) atoms. The lowest BCUT2D eigenvalue weighted by molar-refractivity contribution is -0.141. The highest BCUT2D eigenvalue weighted by atomic mass is 35.5.